The number of hydrogen-bond donors (Lipinski definition) is 1. The van der Waals surface area contributed by atoms with E-state index in [0.29, 0.717) is 45.2 Å². The van der Waals surface area contributed by atoms with Crippen molar-refractivity contribution in [2.24, 2.45) is 0 Å². The summed E-state index contributed by atoms with van der Waals surface area (Å²) < 4.78 is 12.6. The SMILES string of the molecule is COc1ccccc1NC(=O)c1sc2ncn(CCCCOc3ccccc3)c(=O)c2c1C. The van der Waals surface area contributed by atoms with Gasteiger partial charge in [0.1, 0.15) is 16.3 Å². The summed E-state index contributed by atoms with van der Waals surface area (Å²) in [7, 11) is 1.55. The molecule has 2 heterocycles. The van der Waals surface area contributed by atoms with Crippen LogP contribution in [0.1, 0.15) is 28.1 Å². The Labute approximate surface area is 195 Å². The maximum atomic E-state index is 13.1. The molecule has 1 N–H and O–H groups in total. The molecule has 0 saturated carbocycles. The van der Waals surface area contributed by atoms with E-state index in [0.717, 1.165) is 18.6 Å². The lowest BCUT2D eigenvalue weighted by molar-refractivity contribution is 0.102. The summed E-state index contributed by atoms with van der Waals surface area (Å²) in [6.45, 7) is 2.91. The molecule has 170 valence electrons. The van der Waals surface area contributed by atoms with Crippen LogP contribution in [-0.4, -0.2) is 29.2 Å². The summed E-state index contributed by atoms with van der Waals surface area (Å²) >= 11 is 1.22. The summed E-state index contributed by atoms with van der Waals surface area (Å²) in [5.74, 6) is 1.12. The number of anilines is 1. The number of para-hydroxylation sites is 3. The Balaban J connectivity index is 1.45. The molecule has 4 aromatic rings. The van der Waals surface area contributed by atoms with Crippen molar-refractivity contribution in [3.63, 3.8) is 0 Å². The second-order valence-electron chi connectivity index (χ2n) is 7.50. The van der Waals surface area contributed by atoms with Crippen LogP contribution < -0.4 is 20.3 Å². The number of nitrogens with one attached hydrogen (secondary N) is 1. The van der Waals surface area contributed by atoms with Gasteiger partial charge in [-0.25, -0.2) is 4.98 Å². The molecular weight excluding hydrogens is 438 g/mol. The van der Waals surface area contributed by atoms with Crippen molar-refractivity contribution in [2.75, 3.05) is 19.0 Å². The lowest BCUT2D eigenvalue weighted by atomic mass is 10.2. The molecule has 0 spiro atoms. The van der Waals surface area contributed by atoms with Gasteiger partial charge in [0.25, 0.3) is 11.5 Å². The molecule has 0 atom stereocenters. The molecule has 2 aromatic heterocycles. The van der Waals surface area contributed by atoms with E-state index < -0.39 is 0 Å². The molecule has 7 nitrogen and oxygen atoms in total. The quantitative estimate of drug-likeness (QED) is 0.358. The summed E-state index contributed by atoms with van der Waals surface area (Å²) in [5.41, 5.74) is 1.08. The number of aromatic nitrogens is 2. The number of benzene rings is 2. The van der Waals surface area contributed by atoms with Crippen LogP contribution in [0.15, 0.2) is 65.7 Å². The second-order valence-corrected chi connectivity index (χ2v) is 8.50. The van der Waals surface area contributed by atoms with Crippen molar-refractivity contribution >= 4 is 33.1 Å². The first kappa shape index (κ1) is 22.5. The van der Waals surface area contributed by atoms with Crippen molar-refractivity contribution in [1.29, 1.82) is 0 Å². The molecule has 0 aliphatic heterocycles. The smallest absolute Gasteiger partial charge is 0.266 e. The van der Waals surface area contributed by atoms with Gasteiger partial charge in [0, 0.05) is 6.54 Å². The number of thiophene rings is 1. The Hall–Kier alpha value is -3.65. The molecule has 0 aliphatic carbocycles. The molecule has 4 rings (SSSR count). The normalized spacial score (nSPS) is 10.8. The van der Waals surface area contributed by atoms with E-state index in [-0.39, 0.29) is 11.5 Å². The zero-order valence-corrected chi connectivity index (χ0v) is 19.4. The topological polar surface area (TPSA) is 82.4 Å². The third-order valence-electron chi connectivity index (χ3n) is 5.28. The molecule has 0 unspecified atom stereocenters. The third-order valence-corrected chi connectivity index (χ3v) is 6.48. The van der Waals surface area contributed by atoms with Gasteiger partial charge >= 0.3 is 0 Å². The maximum Gasteiger partial charge on any atom is 0.266 e. The highest BCUT2D eigenvalue weighted by Crippen LogP contribution is 2.29. The van der Waals surface area contributed by atoms with Crippen LogP contribution in [0, 0.1) is 6.92 Å². The van der Waals surface area contributed by atoms with Crippen LogP contribution in [0.2, 0.25) is 0 Å². The zero-order chi connectivity index (χ0) is 23.2. The van der Waals surface area contributed by atoms with Crippen molar-refractivity contribution in [3.05, 3.63) is 81.7 Å². The summed E-state index contributed by atoms with van der Waals surface area (Å²) in [6.07, 6.45) is 3.15. The summed E-state index contributed by atoms with van der Waals surface area (Å²) in [4.78, 5) is 31.5. The number of carbonyl (C=O) groups excluding carboxylic acids is 1. The first-order valence-corrected chi connectivity index (χ1v) is 11.5. The minimum absolute atomic E-state index is 0.130. The van der Waals surface area contributed by atoms with E-state index in [2.05, 4.69) is 10.3 Å². The molecule has 0 aliphatic rings. The molecular formula is C25H25N3O4S. The van der Waals surface area contributed by atoms with E-state index in [4.69, 9.17) is 9.47 Å². The number of fused-ring (bicyclic) bond motifs is 1. The molecule has 1 amide bonds. The van der Waals surface area contributed by atoms with Crippen molar-refractivity contribution in [1.82, 2.24) is 9.55 Å². The number of rotatable bonds is 9. The fraction of sp³-hybridized carbons (Fsp3) is 0.240. The van der Waals surface area contributed by atoms with Gasteiger partial charge in [-0.1, -0.05) is 30.3 Å². The minimum Gasteiger partial charge on any atom is -0.495 e. The Morgan fingerprint density at radius 3 is 2.64 bits per heavy atom. The number of ether oxygens (including phenoxy) is 2. The first-order chi connectivity index (χ1) is 16.1. The van der Waals surface area contributed by atoms with Crippen LogP contribution in [0.3, 0.4) is 0 Å². The van der Waals surface area contributed by atoms with Gasteiger partial charge < -0.3 is 14.8 Å². The van der Waals surface area contributed by atoms with Gasteiger partial charge in [0.2, 0.25) is 0 Å². The van der Waals surface area contributed by atoms with Crippen molar-refractivity contribution in [2.45, 2.75) is 26.3 Å². The van der Waals surface area contributed by atoms with Gasteiger partial charge in [0.05, 0.1) is 36.0 Å². The predicted octanol–water partition coefficient (Wildman–Crippen LogP) is 4.89. The maximum absolute atomic E-state index is 13.1. The Kier molecular flexibility index (Phi) is 7.04. The molecule has 0 bridgehead atoms. The van der Waals surface area contributed by atoms with Crippen molar-refractivity contribution in [3.8, 4) is 11.5 Å². The third kappa shape index (κ3) is 5.06. The average molecular weight is 464 g/mol. The molecule has 2 aromatic carbocycles. The first-order valence-electron chi connectivity index (χ1n) is 10.7. The highest BCUT2D eigenvalue weighted by molar-refractivity contribution is 7.20. The number of amides is 1. The Morgan fingerprint density at radius 1 is 1.09 bits per heavy atom. The lowest BCUT2D eigenvalue weighted by Crippen LogP contribution is -2.21. The fourth-order valence-electron chi connectivity index (χ4n) is 3.55. The van der Waals surface area contributed by atoms with E-state index in [1.165, 1.54) is 11.3 Å². The average Bonchev–Trinajstić information content (AvgIpc) is 3.18. The molecule has 0 radical (unpaired) electrons. The van der Waals surface area contributed by atoms with E-state index in [9.17, 15) is 9.59 Å². The number of methoxy groups -OCH3 is 1. The van der Waals surface area contributed by atoms with Crippen LogP contribution in [0.4, 0.5) is 5.69 Å². The molecule has 33 heavy (non-hydrogen) atoms. The van der Waals surface area contributed by atoms with E-state index in [1.54, 1.807) is 37.1 Å². The molecule has 0 fully saturated rings. The number of carbonyl (C=O) groups is 1. The van der Waals surface area contributed by atoms with Crippen LogP contribution in [0.25, 0.3) is 10.2 Å². The standard InChI is InChI=1S/C25H25N3O4S/c1-17-21-24(33-22(17)23(29)27-19-12-6-7-13-20(19)31-2)26-16-28(25(21)30)14-8-9-15-32-18-10-4-3-5-11-18/h3-7,10-13,16H,8-9,14-15H2,1-2H3,(H,27,29). The molecule has 8 heteroatoms. The number of hydrogen-bond acceptors (Lipinski definition) is 6. The summed E-state index contributed by atoms with van der Waals surface area (Å²) in [5, 5.41) is 3.37. The van der Waals surface area contributed by atoms with Crippen LogP contribution in [0.5, 0.6) is 11.5 Å². The van der Waals surface area contributed by atoms with Gasteiger partial charge in [0.15, 0.2) is 0 Å². The van der Waals surface area contributed by atoms with Gasteiger partial charge in [-0.2, -0.15) is 0 Å². The van der Waals surface area contributed by atoms with Gasteiger partial charge in [-0.05, 0) is 49.6 Å². The van der Waals surface area contributed by atoms with Crippen LogP contribution >= 0.6 is 11.3 Å². The zero-order valence-electron chi connectivity index (χ0n) is 18.5. The Bertz CT molecular complexity index is 1310. The number of unbranched alkanes of at least 4 members (excludes halogenated alkanes) is 1. The lowest BCUT2D eigenvalue weighted by Gasteiger charge is -2.09. The molecule has 0 saturated heterocycles. The van der Waals surface area contributed by atoms with Gasteiger partial charge in [-0.15, -0.1) is 11.3 Å². The Morgan fingerprint density at radius 2 is 1.85 bits per heavy atom. The highest BCUT2D eigenvalue weighted by atomic mass is 32.1. The number of aryl methyl sites for hydroxylation is 2. The predicted molar refractivity (Wildman–Crippen MR) is 131 cm³/mol. The van der Waals surface area contributed by atoms with Gasteiger partial charge in [-0.3, -0.25) is 14.2 Å². The minimum atomic E-state index is -0.288. The van der Waals surface area contributed by atoms with E-state index in [1.807, 2.05) is 42.5 Å². The largest absolute Gasteiger partial charge is 0.495 e. The monoisotopic (exact) mass is 463 g/mol. The summed E-state index contributed by atoms with van der Waals surface area (Å²) in [6, 6.07) is 16.9. The fourth-order valence-corrected chi connectivity index (χ4v) is 4.59. The van der Waals surface area contributed by atoms with E-state index >= 15 is 0 Å². The highest BCUT2D eigenvalue weighted by Gasteiger charge is 2.20. The van der Waals surface area contributed by atoms with Crippen LogP contribution in [-0.2, 0) is 6.54 Å². The van der Waals surface area contributed by atoms with Crippen molar-refractivity contribution < 1.29 is 14.3 Å². The number of nitrogens with zero attached hydrogens (tertiary/aromatic N) is 2. The second kappa shape index (κ2) is 10.3.